The molecule has 2 N–H and O–H groups in total. The normalized spacial score (nSPS) is 15.5. The summed E-state index contributed by atoms with van der Waals surface area (Å²) in [5.41, 5.74) is 2.60. The molecule has 0 bridgehead atoms. The van der Waals surface area contributed by atoms with Crippen molar-refractivity contribution in [1.82, 2.24) is 9.78 Å². The molecule has 4 rings (SSSR count). The lowest BCUT2D eigenvalue weighted by Gasteiger charge is -2.12. The first-order chi connectivity index (χ1) is 14.6. The Labute approximate surface area is 176 Å². The van der Waals surface area contributed by atoms with Gasteiger partial charge < -0.3 is 10.6 Å². The second-order valence-corrected chi connectivity index (χ2v) is 7.46. The molecule has 1 aromatic heterocycles. The Morgan fingerprint density at radius 3 is 2.55 bits per heavy atom. The van der Waals surface area contributed by atoms with Crippen molar-refractivity contribution in [1.29, 1.82) is 0 Å². The Morgan fingerprint density at radius 2 is 1.87 bits per heavy atom. The van der Waals surface area contributed by atoms with Gasteiger partial charge in [-0.15, -0.1) is 0 Å². The highest BCUT2D eigenvalue weighted by atomic mass is 19.4. The molecule has 0 saturated heterocycles. The summed E-state index contributed by atoms with van der Waals surface area (Å²) in [4.78, 5) is 25.0. The minimum Gasteiger partial charge on any atom is -0.326 e. The van der Waals surface area contributed by atoms with Crippen molar-refractivity contribution in [2.24, 2.45) is 0 Å². The van der Waals surface area contributed by atoms with E-state index in [2.05, 4.69) is 15.7 Å². The SMILES string of the molecule is Cc1ccc(-c2c(C)nn3c2NC(=O)C3CC(=O)Nc2cccc(C(F)(F)F)c2)cc1. The fourth-order valence-electron chi connectivity index (χ4n) is 3.61. The molecule has 160 valence electrons. The van der Waals surface area contributed by atoms with Crippen LogP contribution in [-0.2, 0) is 15.8 Å². The van der Waals surface area contributed by atoms with Crippen molar-refractivity contribution in [3.63, 3.8) is 0 Å². The van der Waals surface area contributed by atoms with Crippen LogP contribution >= 0.6 is 0 Å². The van der Waals surface area contributed by atoms with Gasteiger partial charge >= 0.3 is 6.18 Å². The molecule has 2 aromatic carbocycles. The van der Waals surface area contributed by atoms with Gasteiger partial charge in [0.2, 0.25) is 5.91 Å². The first kappa shape index (κ1) is 20.6. The number of hydrogen-bond donors (Lipinski definition) is 2. The number of hydrogen-bond acceptors (Lipinski definition) is 3. The summed E-state index contributed by atoms with van der Waals surface area (Å²) in [7, 11) is 0. The Kier molecular flexibility index (Phi) is 5.04. The summed E-state index contributed by atoms with van der Waals surface area (Å²) in [6.45, 7) is 3.78. The summed E-state index contributed by atoms with van der Waals surface area (Å²) in [6, 6.07) is 11.2. The highest BCUT2D eigenvalue weighted by molar-refractivity contribution is 6.04. The Morgan fingerprint density at radius 1 is 1.16 bits per heavy atom. The molecule has 6 nitrogen and oxygen atoms in total. The van der Waals surface area contributed by atoms with E-state index in [0.717, 1.165) is 28.8 Å². The molecule has 2 heterocycles. The van der Waals surface area contributed by atoms with Gasteiger partial charge in [0.1, 0.15) is 11.9 Å². The van der Waals surface area contributed by atoms with E-state index < -0.39 is 29.6 Å². The zero-order valence-corrected chi connectivity index (χ0v) is 16.7. The van der Waals surface area contributed by atoms with Crippen LogP contribution in [-0.4, -0.2) is 21.6 Å². The van der Waals surface area contributed by atoms with Crippen LogP contribution in [0, 0.1) is 13.8 Å². The molecule has 0 radical (unpaired) electrons. The Bertz CT molecular complexity index is 1170. The maximum absolute atomic E-state index is 12.9. The molecule has 0 aliphatic carbocycles. The number of nitrogens with zero attached hydrogens (tertiary/aromatic N) is 2. The van der Waals surface area contributed by atoms with Crippen LogP contribution in [0.2, 0.25) is 0 Å². The number of anilines is 2. The molecule has 1 unspecified atom stereocenters. The van der Waals surface area contributed by atoms with E-state index in [9.17, 15) is 22.8 Å². The number of aromatic nitrogens is 2. The fraction of sp³-hybridized carbons (Fsp3) is 0.227. The van der Waals surface area contributed by atoms with Gasteiger partial charge in [-0.3, -0.25) is 9.59 Å². The van der Waals surface area contributed by atoms with Gasteiger partial charge in [0.15, 0.2) is 0 Å². The topological polar surface area (TPSA) is 76.0 Å². The standard InChI is InChI=1S/C22H19F3N4O2/c1-12-6-8-14(9-7-12)19-13(2)28-29-17(21(31)27-20(19)29)11-18(30)26-16-5-3-4-15(10-16)22(23,24)25/h3-10,17H,11H2,1-2H3,(H,26,30)(H,27,31). The molecule has 9 heteroatoms. The van der Waals surface area contributed by atoms with Crippen LogP contribution in [0.1, 0.15) is 29.3 Å². The molecule has 2 amide bonds. The van der Waals surface area contributed by atoms with E-state index in [-0.39, 0.29) is 12.1 Å². The van der Waals surface area contributed by atoms with E-state index in [0.29, 0.717) is 11.5 Å². The summed E-state index contributed by atoms with van der Waals surface area (Å²) >= 11 is 0. The van der Waals surface area contributed by atoms with Crippen molar-refractivity contribution >= 4 is 23.3 Å². The van der Waals surface area contributed by atoms with Crippen LogP contribution in [0.4, 0.5) is 24.7 Å². The molecule has 3 aromatic rings. The summed E-state index contributed by atoms with van der Waals surface area (Å²) in [6.07, 6.45) is -4.77. The Hall–Kier alpha value is -3.62. The third-order valence-corrected chi connectivity index (χ3v) is 5.12. The van der Waals surface area contributed by atoms with Crippen molar-refractivity contribution in [2.75, 3.05) is 10.6 Å². The number of amides is 2. The molecule has 1 atom stereocenters. The zero-order chi connectivity index (χ0) is 22.3. The summed E-state index contributed by atoms with van der Waals surface area (Å²) in [5.74, 6) is -0.476. The smallest absolute Gasteiger partial charge is 0.326 e. The molecule has 31 heavy (non-hydrogen) atoms. The van der Waals surface area contributed by atoms with Gasteiger partial charge in [0.05, 0.1) is 17.7 Å². The van der Waals surface area contributed by atoms with Crippen molar-refractivity contribution in [3.05, 3.63) is 65.4 Å². The largest absolute Gasteiger partial charge is 0.416 e. The monoisotopic (exact) mass is 428 g/mol. The van der Waals surface area contributed by atoms with E-state index in [1.807, 2.05) is 38.1 Å². The first-order valence-corrected chi connectivity index (χ1v) is 9.57. The Balaban J connectivity index is 1.55. The minimum atomic E-state index is -4.51. The van der Waals surface area contributed by atoms with Gasteiger partial charge in [-0.2, -0.15) is 18.3 Å². The van der Waals surface area contributed by atoms with Crippen LogP contribution in [0.3, 0.4) is 0 Å². The molecule has 1 aliphatic rings. The third kappa shape index (κ3) is 4.03. The molecule has 0 spiro atoms. The highest BCUT2D eigenvalue weighted by Crippen LogP contribution is 2.38. The van der Waals surface area contributed by atoms with Crippen LogP contribution in [0.15, 0.2) is 48.5 Å². The quantitative estimate of drug-likeness (QED) is 0.632. The van der Waals surface area contributed by atoms with Crippen molar-refractivity contribution < 1.29 is 22.8 Å². The average molecular weight is 428 g/mol. The molecular formula is C22H19F3N4O2. The van der Waals surface area contributed by atoms with E-state index in [1.54, 1.807) is 0 Å². The molecule has 0 fully saturated rings. The van der Waals surface area contributed by atoms with Crippen LogP contribution < -0.4 is 10.6 Å². The number of nitrogens with one attached hydrogen (secondary N) is 2. The lowest BCUT2D eigenvalue weighted by atomic mass is 10.0. The minimum absolute atomic E-state index is 0.00967. The number of aryl methyl sites for hydroxylation is 2. The number of halogens is 3. The van der Waals surface area contributed by atoms with Gasteiger partial charge in [-0.05, 0) is 37.6 Å². The zero-order valence-electron chi connectivity index (χ0n) is 16.7. The van der Waals surface area contributed by atoms with E-state index in [1.165, 1.54) is 16.8 Å². The number of carbonyl (C=O) groups excluding carboxylic acids is 2. The average Bonchev–Trinajstić information content (AvgIpc) is 3.16. The van der Waals surface area contributed by atoms with E-state index in [4.69, 9.17) is 0 Å². The lowest BCUT2D eigenvalue weighted by Crippen LogP contribution is -2.24. The number of alkyl halides is 3. The number of benzene rings is 2. The number of carbonyl (C=O) groups is 2. The molecule has 0 saturated carbocycles. The second-order valence-electron chi connectivity index (χ2n) is 7.46. The van der Waals surface area contributed by atoms with Crippen molar-refractivity contribution in [3.8, 4) is 11.1 Å². The predicted octanol–water partition coefficient (Wildman–Crippen LogP) is 4.71. The number of rotatable bonds is 4. The predicted molar refractivity (Wildman–Crippen MR) is 109 cm³/mol. The highest BCUT2D eigenvalue weighted by Gasteiger charge is 2.36. The van der Waals surface area contributed by atoms with Crippen LogP contribution in [0.25, 0.3) is 11.1 Å². The maximum atomic E-state index is 12.9. The van der Waals surface area contributed by atoms with Crippen LogP contribution in [0.5, 0.6) is 0 Å². The fourth-order valence-corrected chi connectivity index (χ4v) is 3.61. The van der Waals surface area contributed by atoms with Gasteiger partial charge in [-0.1, -0.05) is 35.9 Å². The lowest BCUT2D eigenvalue weighted by molar-refractivity contribution is -0.137. The van der Waals surface area contributed by atoms with Gasteiger partial charge in [0, 0.05) is 11.3 Å². The summed E-state index contributed by atoms with van der Waals surface area (Å²) in [5, 5.41) is 9.65. The first-order valence-electron chi connectivity index (χ1n) is 9.57. The third-order valence-electron chi connectivity index (χ3n) is 5.12. The maximum Gasteiger partial charge on any atom is 0.416 e. The van der Waals surface area contributed by atoms with Gasteiger partial charge in [-0.25, -0.2) is 4.68 Å². The summed E-state index contributed by atoms with van der Waals surface area (Å²) < 4.78 is 40.1. The molecule has 1 aliphatic heterocycles. The van der Waals surface area contributed by atoms with E-state index >= 15 is 0 Å². The number of fused-ring (bicyclic) bond motifs is 1. The molecular weight excluding hydrogens is 409 g/mol. The van der Waals surface area contributed by atoms with Gasteiger partial charge in [0.25, 0.3) is 5.91 Å². The van der Waals surface area contributed by atoms with Crippen molar-refractivity contribution in [2.45, 2.75) is 32.5 Å². The second kappa shape index (κ2) is 7.57.